The highest BCUT2D eigenvalue weighted by Crippen LogP contribution is 2.32. The molecule has 7 heteroatoms. The Morgan fingerprint density at radius 3 is 2.64 bits per heavy atom. The van der Waals surface area contributed by atoms with E-state index in [1.165, 1.54) is 6.07 Å². The lowest BCUT2D eigenvalue weighted by molar-refractivity contribution is -0.137. The topological polar surface area (TPSA) is 44.1 Å². The van der Waals surface area contributed by atoms with E-state index in [0.29, 0.717) is 22.6 Å². The van der Waals surface area contributed by atoms with Crippen molar-refractivity contribution >= 4 is 17.0 Å². The molecule has 0 unspecified atom stereocenters. The van der Waals surface area contributed by atoms with Gasteiger partial charge in [-0.1, -0.05) is 6.07 Å². The molecule has 0 saturated heterocycles. The number of halogens is 3. The molecule has 25 heavy (non-hydrogen) atoms. The van der Waals surface area contributed by atoms with Crippen LogP contribution in [0.25, 0.3) is 16.7 Å². The smallest absolute Gasteiger partial charge is 0.416 e. The van der Waals surface area contributed by atoms with Gasteiger partial charge in [0.25, 0.3) is 0 Å². The van der Waals surface area contributed by atoms with Crippen molar-refractivity contribution < 1.29 is 22.7 Å². The van der Waals surface area contributed by atoms with Crippen LogP contribution in [0.2, 0.25) is 0 Å². The Hall–Kier alpha value is -2.83. The number of esters is 1. The Morgan fingerprint density at radius 2 is 1.96 bits per heavy atom. The molecule has 0 N–H and O–H groups in total. The van der Waals surface area contributed by atoms with Crippen LogP contribution in [-0.2, 0) is 10.9 Å². The van der Waals surface area contributed by atoms with Gasteiger partial charge >= 0.3 is 12.1 Å². The fraction of sp³-hybridized carbons (Fsp3) is 0.222. The van der Waals surface area contributed by atoms with Crippen LogP contribution in [0.3, 0.4) is 0 Å². The molecule has 0 aliphatic rings. The Balaban J connectivity index is 2.12. The molecular weight excluding hydrogens is 333 g/mol. The number of imidazole rings is 1. The third-order valence-corrected chi connectivity index (χ3v) is 3.76. The number of fused-ring (bicyclic) bond motifs is 1. The molecule has 0 amide bonds. The number of ether oxygens (including phenoxy) is 1. The van der Waals surface area contributed by atoms with E-state index < -0.39 is 17.7 Å². The van der Waals surface area contributed by atoms with Gasteiger partial charge in [-0.15, -0.1) is 0 Å². The standard InChI is InChI=1S/C18H15F3N2O2/c1-3-25-17(24)12-5-4-6-14(9-12)23-11(2)22-15-10-13(18(19,20)21)7-8-16(15)23/h4-10H,3H2,1-2H3. The van der Waals surface area contributed by atoms with Gasteiger partial charge in [-0.2, -0.15) is 13.2 Å². The van der Waals surface area contributed by atoms with Gasteiger partial charge in [-0.3, -0.25) is 4.57 Å². The SMILES string of the molecule is CCOC(=O)c1cccc(-n2c(C)nc3cc(C(F)(F)F)ccc32)c1. The first-order valence-electron chi connectivity index (χ1n) is 7.65. The molecule has 0 aliphatic carbocycles. The van der Waals surface area contributed by atoms with Gasteiger partial charge in [-0.05, 0) is 50.2 Å². The molecule has 0 radical (unpaired) electrons. The minimum Gasteiger partial charge on any atom is -0.462 e. The normalized spacial score (nSPS) is 11.7. The summed E-state index contributed by atoms with van der Waals surface area (Å²) in [6.45, 7) is 3.67. The first-order chi connectivity index (χ1) is 11.8. The fourth-order valence-electron chi connectivity index (χ4n) is 2.69. The summed E-state index contributed by atoms with van der Waals surface area (Å²) in [6, 6.07) is 10.1. The van der Waals surface area contributed by atoms with E-state index in [2.05, 4.69) is 4.98 Å². The number of hydrogen-bond donors (Lipinski definition) is 0. The van der Waals surface area contributed by atoms with Crippen molar-refractivity contribution in [3.63, 3.8) is 0 Å². The zero-order chi connectivity index (χ0) is 18.2. The van der Waals surface area contributed by atoms with Crippen LogP contribution in [0, 0.1) is 6.92 Å². The lowest BCUT2D eigenvalue weighted by Crippen LogP contribution is -2.06. The van der Waals surface area contributed by atoms with Crippen molar-refractivity contribution in [2.45, 2.75) is 20.0 Å². The number of rotatable bonds is 3. The van der Waals surface area contributed by atoms with Gasteiger partial charge in [0, 0.05) is 5.69 Å². The molecule has 4 nitrogen and oxygen atoms in total. The Labute approximate surface area is 141 Å². The highest BCUT2D eigenvalue weighted by molar-refractivity contribution is 5.90. The third kappa shape index (κ3) is 3.22. The maximum Gasteiger partial charge on any atom is 0.416 e. The molecule has 1 aromatic heterocycles. The Kier molecular flexibility index (Phi) is 4.24. The number of nitrogens with zero attached hydrogens (tertiary/aromatic N) is 2. The number of alkyl halides is 3. The average molecular weight is 348 g/mol. The van der Waals surface area contributed by atoms with Gasteiger partial charge in [0.05, 0.1) is 28.8 Å². The van der Waals surface area contributed by atoms with Crippen molar-refractivity contribution in [3.05, 3.63) is 59.4 Å². The van der Waals surface area contributed by atoms with E-state index >= 15 is 0 Å². The Morgan fingerprint density at radius 1 is 1.20 bits per heavy atom. The van der Waals surface area contributed by atoms with Crippen LogP contribution in [-0.4, -0.2) is 22.1 Å². The highest BCUT2D eigenvalue weighted by atomic mass is 19.4. The maximum atomic E-state index is 12.9. The van der Waals surface area contributed by atoms with Crippen molar-refractivity contribution in [1.82, 2.24) is 9.55 Å². The van der Waals surface area contributed by atoms with Crippen LogP contribution >= 0.6 is 0 Å². The molecule has 0 fully saturated rings. The quantitative estimate of drug-likeness (QED) is 0.653. The average Bonchev–Trinajstić information content (AvgIpc) is 2.89. The van der Waals surface area contributed by atoms with Gasteiger partial charge in [-0.25, -0.2) is 9.78 Å². The molecule has 0 saturated carbocycles. The second-order valence-corrected chi connectivity index (χ2v) is 5.47. The highest BCUT2D eigenvalue weighted by Gasteiger charge is 2.31. The van der Waals surface area contributed by atoms with E-state index in [9.17, 15) is 18.0 Å². The van der Waals surface area contributed by atoms with Crippen LogP contribution in [0.1, 0.15) is 28.7 Å². The molecule has 0 aliphatic heterocycles. The van der Waals surface area contributed by atoms with E-state index in [1.807, 2.05) is 0 Å². The maximum absolute atomic E-state index is 12.9. The summed E-state index contributed by atoms with van der Waals surface area (Å²) in [4.78, 5) is 16.1. The molecule has 2 aromatic carbocycles. The van der Waals surface area contributed by atoms with E-state index in [-0.39, 0.29) is 12.1 Å². The zero-order valence-corrected chi connectivity index (χ0v) is 13.6. The van der Waals surface area contributed by atoms with E-state index in [0.717, 1.165) is 12.1 Å². The molecule has 0 bridgehead atoms. The molecule has 1 heterocycles. The third-order valence-electron chi connectivity index (χ3n) is 3.76. The minimum absolute atomic E-state index is 0.244. The molecule has 130 valence electrons. The van der Waals surface area contributed by atoms with Crippen molar-refractivity contribution in [1.29, 1.82) is 0 Å². The van der Waals surface area contributed by atoms with Crippen LogP contribution < -0.4 is 0 Å². The van der Waals surface area contributed by atoms with E-state index in [1.54, 1.807) is 42.7 Å². The van der Waals surface area contributed by atoms with Gasteiger partial charge in [0.15, 0.2) is 0 Å². The number of carbonyl (C=O) groups excluding carboxylic acids is 1. The van der Waals surface area contributed by atoms with E-state index in [4.69, 9.17) is 4.74 Å². The number of carbonyl (C=O) groups is 1. The van der Waals surface area contributed by atoms with Crippen LogP contribution in [0.5, 0.6) is 0 Å². The summed E-state index contributed by atoms with van der Waals surface area (Å²) in [6.07, 6.45) is -4.42. The molecular formula is C18H15F3N2O2. The van der Waals surface area contributed by atoms with Crippen molar-refractivity contribution in [2.24, 2.45) is 0 Å². The fourth-order valence-corrected chi connectivity index (χ4v) is 2.69. The summed E-state index contributed by atoms with van der Waals surface area (Å²) < 4.78 is 45.3. The van der Waals surface area contributed by atoms with Crippen LogP contribution in [0.15, 0.2) is 42.5 Å². The van der Waals surface area contributed by atoms with Crippen molar-refractivity contribution in [2.75, 3.05) is 6.61 Å². The summed E-state index contributed by atoms with van der Waals surface area (Å²) in [5.41, 5.74) is 1.03. The number of aromatic nitrogens is 2. The lowest BCUT2D eigenvalue weighted by atomic mass is 10.1. The first-order valence-corrected chi connectivity index (χ1v) is 7.65. The number of aryl methyl sites for hydroxylation is 1. The van der Waals surface area contributed by atoms with Crippen molar-refractivity contribution in [3.8, 4) is 5.69 Å². The zero-order valence-electron chi connectivity index (χ0n) is 13.6. The lowest BCUT2D eigenvalue weighted by Gasteiger charge is -2.10. The van der Waals surface area contributed by atoms with Gasteiger partial charge in [0.2, 0.25) is 0 Å². The number of hydrogen-bond acceptors (Lipinski definition) is 3. The first kappa shape index (κ1) is 17.0. The molecule has 3 rings (SSSR count). The predicted molar refractivity (Wildman–Crippen MR) is 86.8 cm³/mol. The molecule has 0 atom stereocenters. The summed E-state index contributed by atoms with van der Waals surface area (Å²) >= 11 is 0. The monoisotopic (exact) mass is 348 g/mol. The second kappa shape index (κ2) is 6.23. The Bertz CT molecular complexity index is 945. The summed E-state index contributed by atoms with van der Waals surface area (Å²) in [5.74, 6) is 0.0705. The molecule has 3 aromatic rings. The summed E-state index contributed by atoms with van der Waals surface area (Å²) in [5, 5.41) is 0. The molecule has 0 spiro atoms. The second-order valence-electron chi connectivity index (χ2n) is 5.47. The summed E-state index contributed by atoms with van der Waals surface area (Å²) in [7, 11) is 0. The van der Waals surface area contributed by atoms with Gasteiger partial charge in [0.1, 0.15) is 5.82 Å². The number of benzene rings is 2. The minimum atomic E-state index is -4.42. The van der Waals surface area contributed by atoms with Gasteiger partial charge < -0.3 is 4.74 Å². The van der Waals surface area contributed by atoms with Crippen LogP contribution in [0.4, 0.5) is 13.2 Å². The predicted octanol–water partition coefficient (Wildman–Crippen LogP) is 4.53. The largest absolute Gasteiger partial charge is 0.462 e.